The van der Waals surface area contributed by atoms with Crippen molar-refractivity contribution in [2.24, 2.45) is 11.8 Å². The molecule has 0 aromatic carbocycles. The van der Waals surface area contributed by atoms with Crippen LogP contribution in [0.25, 0.3) is 0 Å². The summed E-state index contributed by atoms with van der Waals surface area (Å²) in [6, 6.07) is 4.87. The summed E-state index contributed by atoms with van der Waals surface area (Å²) in [6.45, 7) is 7.86. The predicted octanol–water partition coefficient (Wildman–Crippen LogP) is 3.38. The van der Waals surface area contributed by atoms with E-state index in [0.717, 1.165) is 24.8 Å². The minimum Gasteiger partial charge on any atom is -0.370 e. The molecule has 2 heterocycles. The van der Waals surface area contributed by atoms with Gasteiger partial charge in [0.25, 0.3) is 0 Å². The second-order valence-electron chi connectivity index (χ2n) is 6.32. The van der Waals surface area contributed by atoms with Gasteiger partial charge < -0.3 is 10.2 Å². The molecule has 1 saturated carbocycles. The van der Waals surface area contributed by atoms with Crippen molar-refractivity contribution < 1.29 is 0 Å². The summed E-state index contributed by atoms with van der Waals surface area (Å²) in [5.74, 6) is 1.89. The Morgan fingerprint density at radius 2 is 2.00 bits per heavy atom. The Morgan fingerprint density at radius 1 is 1.25 bits per heavy atom. The maximum Gasteiger partial charge on any atom is 0.0574 e. The van der Waals surface area contributed by atoms with E-state index >= 15 is 0 Å². The minimum absolute atomic E-state index is 0.395. The van der Waals surface area contributed by atoms with Gasteiger partial charge >= 0.3 is 0 Å². The van der Waals surface area contributed by atoms with Crippen LogP contribution >= 0.6 is 0 Å². The summed E-state index contributed by atoms with van der Waals surface area (Å²) in [7, 11) is 0. The maximum atomic E-state index is 4.70. The topological polar surface area (TPSA) is 28.2 Å². The molecule has 3 atom stereocenters. The molecular weight excluding hydrogens is 246 g/mol. The SMILES string of the molecule is CCNC(CC)c1ccc(N2CC3CCCC3C2)cn1. The number of pyridine rings is 1. The summed E-state index contributed by atoms with van der Waals surface area (Å²) in [4.78, 5) is 7.24. The van der Waals surface area contributed by atoms with E-state index in [1.807, 2.05) is 0 Å². The van der Waals surface area contributed by atoms with E-state index < -0.39 is 0 Å². The third kappa shape index (κ3) is 2.69. The zero-order valence-corrected chi connectivity index (χ0v) is 12.8. The van der Waals surface area contributed by atoms with E-state index in [2.05, 4.69) is 42.4 Å². The largest absolute Gasteiger partial charge is 0.370 e. The second kappa shape index (κ2) is 6.13. The number of hydrogen-bond acceptors (Lipinski definition) is 3. The third-order valence-electron chi connectivity index (χ3n) is 5.08. The normalized spacial score (nSPS) is 26.8. The highest BCUT2D eigenvalue weighted by atomic mass is 15.2. The summed E-state index contributed by atoms with van der Waals surface area (Å²) >= 11 is 0. The van der Waals surface area contributed by atoms with Crippen molar-refractivity contribution >= 4 is 5.69 Å². The van der Waals surface area contributed by atoms with Crippen molar-refractivity contribution in [1.29, 1.82) is 0 Å². The summed E-state index contributed by atoms with van der Waals surface area (Å²) in [5.41, 5.74) is 2.49. The first-order valence-electron chi connectivity index (χ1n) is 8.26. The van der Waals surface area contributed by atoms with Gasteiger partial charge in [0.2, 0.25) is 0 Å². The van der Waals surface area contributed by atoms with E-state index in [0.29, 0.717) is 6.04 Å². The first kappa shape index (κ1) is 13.9. The first-order valence-corrected chi connectivity index (χ1v) is 8.26. The average molecular weight is 273 g/mol. The molecule has 0 bridgehead atoms. The van der Waals surface area contributed by atoms with Gasteiger partial charge in [-0.1, -0.05) is 20.3 Å². The van der Waals surface area contributed by atoms with Crippen molar-refractivity contribution in [2.75, 3.05) is 24.5 Å². The number of rotatable bonds is 5. The zero-order valence-electron chi connectivity index (χ0n) is 12.8. The quantitative estimate of drug-likeness (QED) is 0.891. The van der Waals surface area contributed by atoms with Crippen LogP contribution in [0.1, 0.15) is 51.3 Å². The van der Waals surface area contributed by atoms with Crippen LogP contribution in [0.4, 0.5) is 5.69 Å². The van der Waals surface area contributed by atoms with Crippen molar-refractivity contribution in [3.05, 3.63) is 24.0 Å². The van der Waals surface area contributed by atoms with E-state index in [1.54, 1.807) is 0 Å². The third-order valence-corrected chi connectivity index (χ3v) is 5.08. The highest BCUT2D eigenvalue weighted by Crippen LogP contribution is 2.39. The fraction of sp³-hybridized carbons (Fsp3) is 0.706. The number of nitrogens with zero attached hydrogens (tertiary/aromatic N) is 2. The molecule has 1 aromatic rings. The van der Waals surface area contributed by atoms with E-state index in [4.69, 9.17) is 4.98 Å². The highest BCUT2D eigenvalue weighted by Gasteiger charge is 2.36. The number of hydrogen-bond donors (Lipinski definition) is 1. The van der Waals surface area contributed by atoms with Gasteiger partial charge in [-0.15, -0.1) is 0 Å². The lowest BCUT2D eigenvalue weighted by Gasteiger charge is -2.21. The molecule has 0 spiro atoms. The van der Waals surface area contributed by atoms with Crippen LogP contribution in [0, 0.1) is 11.8 Å². The fourth-order valence-electron chi connectivity index (χ4n) is 3.94. The molecule has 3 heteroatoms. The molecule has 1 aromatic heterocycles. The molecule has 2 aliphatic rings. The van der Waals surface area contributed by atoms with Gasteiger partial charge in [0.1, 0.15) is 0 Å². The molecule has 2 fully saturated rings. The number of anilines is 1. The van der Waals surface area contributed by atoms with Crippen LogP contribution in [0.3, 0.4) is 0 Å². The van der Waals surface area contributed by atoms with E-state index in [9.17, 15) is 0 Å². The lowest BCUT2D eigenvalue weighted by atomic mass is 10.0. The summed E-state index contributed by atoms with van der Waals surface area (Å²) < 4.78 is 0. The Kier molecular flexibility index (Phi) is 4.25. The smallest absolute Gasteiger partial charge is 0.0574 e. The molecule has 1 aliphatic heterocycles. The molecule has 0 radical (unpaired) electrons. The molecule has 1 aliphatic carbocycles. The van der Waals surface area contributed by atoms with Crippen LogP contribution < -0.4 is 10.2 Å². The second-order valence-corrected chi connectivity index (χ2v) is 6.32. The van der Waals surface area contributed by atoms with Gasteiger partial charge in [0, 0.05) is 19.1 Å². The Bertz CT molecular complexity index is 416. The van der Waals surface area contributed by atoms with Gasteiger partial charge in [-0.2, -0.15) is 0 Å². The Labute approximate surface area is 122 Å². The molecular formula is C17H27N3. The van der Waals surface area contributed by atoms with Crippen LogP contribution in [-0.4, -0.2) is 24.6 Å². The maximum absolute atomic E-state index is 4.70. The molecule has 1 N–H and O–H groups in total. The van der Waals surface area contributed by atoms with Gasteiger partial charge in [0.05, 0.1) is 17.6 Å². The summed E-state index contributed by atoms with van der Waals surface area (Å²) in [5, 5.41) is 3.49. The summed E-state index contributed by atoms with van der Waals surface area (Å²) in [6.07, 6.45) is 7.49. The van der Waals surface area contributed by atoms with Gasteiger partial charge in [-0.05, 0) is 49.8 Å². The van der Waals surface area contributed by atoms with E-state index in [-0.39, 0.29) is 0 Å². The van der Waals surface area contributed by atoms with Crippen molar-refractivity contribution in [3.8, 4) is 0 Å². The number of nitrogens with one attached hydrogen (secondary N) is 1. The predicted molar refractivity (Wildman–Crippen MR) is 84.0 cm³/mol. The minimum atomic E-state index is 0.395. The van der Waals surface area contributed by atoms with Crippen molar-refractivity contribution in [2.45, 2.75) is 45.6 Å². The van der Waals surface area contributed by atoms with Crippen LogP contribution in [0.5, 0.6) is 0 Å². The Hall–Kier alpha value is -1.09. The lowest BCUT2D eigenvalue weighted by molar-refractivity contribution is 0.494. The standard InChI is InChI=1S/C17H27N3/c1-3-16(18-4-2)17-9-8-15(10-19-17)20-11-13-6-5-7-14(13)12-20/h8-10,13-14,16,18H,3-7,11-12H2,1-2H3. The van der Waals surface area contributed by atoms with Crippen molar-refractivity contribution in [1.82, 2.24) is 10.3 Å². The van der Waals surface area contributed by atoms with Crippen LogP contribution in [0.15, 0.2) is 18.3 Å². The molecule has 20 heavy (non-hydrogen) atoms. The van der Waals surface area contributed by atoms with Gasteiger partial charge in [-0.25, -0.2) is 0 Å². The van der Waals surface area contributed by atoms with Crippen LogP contribution in [0.2, 0.25) is 0 Å². The highest BCUT2D eigenvalue weighted by molar-refractivity contribution is 5.46. The molecule has 0 amide bonds. The fourth-order valence-corrected chi connectivity index (χ4v) is 3.94. The average Bonchev–Trinajstić information content (AvgIpc) is 3.06. The van der Waals surface area contributed by atoms with Crippen LogP contribution in [-0.2, 0) is 0 Å². The monoisotopic (exact) mass is 273 g/mol. The van der Waals surface area contributed by atoms with Crippen molar-refractivity contribution in [3.63, 3.8) is 0 Å². The molecule has 3 rings (SSSR count). The number of aromatic nitrogens is 1. The van der Waals surface area contributed by atoms with E-state index in [1.165, 1.54) is 43.7 Å². The molecule has 3 unspecified atom stereocenters. The number of fused-ring (bicyclic) bond motifs is 1. The Morgan fingerprint density at radius 3 is 2.55 bits per heavy atom. The molecule has 110 valence electrons. The molecule has 1 saturated heterocycles. The van der Waals surface area contributed by atoms with Gasteiger partial charge in [0.15, 0.2) is 0 Å². The Balaban J connectivity index is 1.67. The lowest BCUT2D eigenvalue weighted by Crippen LogP contribution is -2.23. The zero-order chi connectivity index (χ0) is 13.9. The molecule has 3 nitrogen and oxygen atoms in total. The van der Waals surface area contributed by atoms with Gasteiger partial charge in [-0.3, -0.25) is 4.98 Å². The first-order chi connectivity index (χ1) is 9.81.